The van der Waals surface area contributed by atoms with Gasteiger partial charge in [0.05, 0.1) is 61.8 Å². The maximum absolute atomic E-state index is 7.03. The number of benzene rings is 9. The molecule has 5 aromatic heterocycles. The number of aromatic nitrogens is 5. The summed E-state index contributed by atoms with van der Waals surface area (Å²) in [6.45, 7) is 0. The predicted octanol–water partition coefficient (Wildman–Crippen LogP) is 15.9. The predicted molar refractivity (Wildman–Crippen MR) is 288 cm³/mol. The van der Waals surface area contributed by atoms with Gasteiger partial charge in [-0.15, -0.1) is 0 Å². The molecule has 0 N–H and O–H groups in total. The Labute approximate surface area is 407 Å². The molecule has 1 aliphatic heterocycles. The Morgan fingerprint density at radius 1 is 0.310 bits per heavy atom. The van der Waals surface area contributed by atoms with Gasteiger partial charge in [-0.2, -0.15) is 0 Å². The molecule has 71 heavy (non-hydrogen) atoms. The lowest BCUT2D eigenvalue weighted by Gasteiger charge is -2.39. The van der Waals surface area contributed by atoms with E-state index in [2.05, 4.69) is 238 Å². The van der Waals surface area contributed by atoms with E-state index in [1.54, 1.807) is 0 Å². The summed E-state index contributed by atoms with van der Waals surface area (Å²) in [6.07, 6.45) is 3.90. The molecule has 6 heteroatoms. The smallest absolute Gasteiger partial charge is 0.132 e. The third kappa shape index (κ3) is 5.15. The van der Waals surface area contributed by atoms with Gasteiger partial charge in [-0.3, -0.25) is 9.97 Å². The monoisotopic (exact) mass is 905 g/mol. The maximum atomic E-state index is 7.03. The molecule has 6 nitrogen and oxygen atoms in total. The summed E-state index contributed by atoms with van der Waals surface area (Å²) in [6, 6.07) is 81.2. The molecule has 0 saturated carbocycles. The van der Waals surface area contributed by atoms with Crippen LogP contribution >= 0.6 is 0 Å². The van der Waals surface area contributed by atoms with E-state index in [9.17, 15) is 0 Å². The molecule has 16 rings (SSSR count). The number of fused-ring (bicyclic) bond motifs is 18. The summed E-state index contributed by atoms with van der Waals surface area (Å²) in [4.78, 5) is 10.4. The van der Waals surface area contributed by atoms with E-state index in [0.29, 0.717) is 0 Å². The van der Waals surface area contributed by atoms with Gasteiger partial charge < -0.3 is 18.4 Å². The van der Waals surface area contributed by atoms with Crippen LogP contribution in [0.1, 0.15) is 22.3 Å². The summed E-state index contributed by atoms with van der Waals surface area (Å²) in [5.74, 6) is 1.64. The second kappa shape index (κ2) is 14.3. The summed E-state index contributed by atoms with van der Waals surface area (Å²) < 4.78 is 14.1. The summed E-state index contributed by atoms with van der Waals surface area (Å²) in [5.41, 5.74) is 17.8. The molecule has 1 aliphatic carbocycles. The first-order valence-corrected chi connectivity index (χ1v) is 24.2. The van der Waals surface area contributed by atoms with Crippen LogP contribution in [0.5, 0.6) is 11.5 Å². The standard InChI is InChI=1S/C65H39N5O/c1-7-21-55-45(14-1)46-15-2-8-22-56(46)68(55)42-29-31-43(32-30-42)69-59-25-11-5-18-49(59)50-36-40(28-34-60(50)69)41-27-33-52-62(37-41)71-61-26-12-6-19-51(61)65(52)53-20-13-35-66-63(53)64-54(65)38-44(39-67-64)70-57-23-9-3-16-47(57)48-17-4-10-24-58(48)70/h1-39H. The van der Waals surface area contributed by atoms with Gasteiger partial charge in [-0.1, -0.05) is 133 Å². The van der Waals surface area contributed by atoms with E-state index in [1.165, 1.54) is 43.4 Å². The van der Waals surface area contributed by atoms with Crippen LogP contribution in [-0.4, -0.2) is 23.7 Å². The zero-order chi connectivity index (χ0) is 46.4. The van der Waals surface area contributed by atoms with Crippen molar-refractivity contribution in [3.63, 3.8) is 0 Å². The normalized spacial score (nSPS) is 14.6. The molecule has 1 atom stereocenters. The highest BCUT2D eigenvalue weighted by Gasteiger charge is 2.52. The first-order valence-electron chi connectivity index (χ1n) is 24.2. The molecule has 1 unspecified atom stereocenters. The molecule has 1 spiro atoms. The van der Waals surface area contributed by atoms with Crippen LogP contribution in [0.3, 0.4) is 0 Å². The number of hydrogen-bond donors (Lipinski definition) is 0. The van der Waals surface area contributed by atoms with E-state index in [0.717, 1.165) is 95.4 Å². The summed E-state index contributed by atoms with van der Waals surface area (Å²) >= 11 is 0. The minimum atomic E-state index is -0.738. The molecule has 9 aromatic carbocycles. The van der Waals surface area contributed by atoms with Crippen LogP contribution < -0.4 is 4.74 Å². The lowest BCUT2D eigenvalue weighted by Crippen LogP contribution is -2.32. The number of hydrogen-bond acceptors (Lipinski definition) is 3. The van der Waals surface area contributed by atoms with Crippen molar-refractivity contribution in [1.29, 1.82) is 0 Å². The topological polar surface area (TPSA) is 49.8 Å². The lowest BCUT2D eigenvalue weighted by molar-refractivity contribution is 0.436. The minimum absolute atomic E-state index is 0.738. The second-order valence-corrected chi connectivity index (χ2v) is 18.9. The average molecular weight is 906 g/mol. The number of pyridine rings is 2. The summed E-state index contributed by atoms with van der Waals surface area (Å²) in [5, 5.41) is 7.34. The SMILES string of the molecule is c1ccc2c(c1)Oc1cc(-c3ccc4c(c3)c3ccccc3n4-c3ccc(-n4c5ccccc5c5ccccc54)cc3)ccc1C21c2cccnc2-c2ncc(-n3c4ccccc4c4ccccc43)cc21. The number of para-hydroxylation sites is 6. The minimum Gasteiger partial charge on any atom is -0.457 e. The Morgan fingerprint density at radius 3 is 1.37 bits per heavy atom. The fourth-order valence-electron chi connectivity index (χ4n) is 12.5. The van der Waals surface area contributed by atoms with Crippen molar-refractivity contribution in [3.05, 3.63) is 259 Å². The van der Waals surface area contributed by atoms with E-state index in [1.807, 2.05) is 12.4 Å². The maximum Gasteiger partial charge on any atom is 0.132 e. The van der Waals surface area contributed by atoms with E-state index in [-0.39, 0.29) is 0 Å². The zero-order valence-electron chi connectivity index (χ0n) is 38.2. The van der Waals surface area contributed by atoms with Crippen molar-refractivity contribution in [2.45, 2.75) is 5.41 Å². The molecular formula is C65H39N5O. The largest absolute Gasteiger partial charge is 0.457 e. The van der Waals surface area contributed by atoms with Gasteiger partial charge in [0.1, 0.15) is 11.5 Å². The first-order chi connectivity index (χ1) is 35.2. The highest BCUT2D eigenvalue weighted by atomic mass is 16.5. The average Bonchev–Trinajstić information content (AvgIpc) is 4.15. The van der Waals surface area contributed by atoms with Crippen LogP contribution in [0.4, 0.5) is 0 Å². The molecular weight excluding hydrogens is 867 g/mol. The van der Waals surface area contributed by atoms with E-state index < -0.39 is 5.41 Å². The van der Waals surface area contributed by atoms with Crippen molar-refractivity contribution in [3.8, 4) is 51.1 Å². The fraction of sp³-hybridized carbons (Fsp3) is 0.0154. The molecule has 6 heterocycles. The van der Waals surface area contributed by atoms with Crippen molar-refractivity contribution in [2.24, 2.45) is 0 Å². The fourth-order valence-corrected chi connectivity index (χ4v) is 12.5. The molecule has 0 bridgehead atoms. The lowest BCUT2D eigenvalue weighted by atomic mass is 9.66. The number of ether oxygens (including phenoxy) is 1. The Balaban J connectivity index is 0.847. The molecule has 14 aromatic rings. The first kappa shape index (κ1) is 38.4. The molecule has 2 aliphatic rings. The van der Waals surface area contributed by atoms with Gasteiger partial charge in [0, 0.05) is 66.6 Å². The Hall–Kier alpha value is -9.52. The highest BCUT2D eigenvalue weighted by Crippen LogP contribution is 2.62. The summed E-state index contributed by atoms with van der Waals surface area (Å²) in [7, 11) is 0. The van der Waals surface area contributed by atoms with Crippen LogP contribution in [0.15, 0.2) is 237 Å². The van der Waals surface area contributed by atoms with Gasteiger partial charge in [0.25, 0.3) is 0 Å². The quantitative estimate of drug-likeness (QED) is 0.177. The number of nitrogens with zero attached hydrogens (tertiary/aromatic N) is 5. The van der Waals surface area contributed by atoms with Gasteiger partial charge in [-0.25, -0.2) is 0 Å². The van der Waals surface area contributed by atoms with Crippen molar-refractivity contribution >= 4 is 65.4 Å². The van der Waals surface area contributed by atoms with E-state index in [4.69, 9.17) is 14.7 Å². The molecule has 0 amide bonds. The highest BCUT2D eigenvalue weighted by molar-refractivity contribution is 6.12. The van der Waals surface area contributed by atoms with Crippen molar-refractivity contribution in [2.75, 3.05) is 0 Å². The van der Waals surface area contributed by atoms with Crippen LogP contribution in [0.25, 0.3) is 105 Å². The van der Waals surface area contributed by atoms with Crippen LogP contribution in [0.2, 0.25) is 0 Å². The van der Waals surface area contributed by atoms with Crippen LogP contribution in [-0.2, 0) is 5.41 Å². The Kier molecular flexibility index (Phi) is 7.72. The third-order valence-electron chi connectivity index (χ3n) is 15.4. The van der Waals surface area contributed by atoms with Gasteiger partial charge in [0.2, 0.25) is 0 Å². The Morgan fingerprint density at radius 2 is 0.761 bits per heavy atom. The Bertz CT molecular complexity index is 4470. The van der Waals surface area contributed by atoms with Gasteiger partial charge in [0.15, 0.2) is 0 Å². The second-order valence-electron chi connectivity index (χ2n) is 18.9. The molecule has 330 valence electrons. The van der Waals surface area contributed by atoms with Crippen molar-refractivity contribution in [1.82, 2.24) is 23.7 Å². The van der Waals surface area contributed by atoms with Gasteiger partial charge >= 0.3 is 0 Å². The van der Waals surface area contributed by atoms with Gasteiger partial charge in [-0.05, 0) is 108 Å². The molecule has 0 fully saturated rings. The third-order valence-corrected chi connectivity index (χ3v) is 15.4. The molecule has 0 saturated heterocycles. The molecule has 0 radical (unpaired) electrons. The number of rotatable bonds is 4. The van der Waals surface area contributed by atoms with Crippen LogP contribution in [0, 0.1) is 0 Å². The van der Waals surface area contributed by atoms with E-state index >= 15 is 0 Å². The zero-order valence-corrected chi connectivity index (χ0v) is 38.2. The van der Waals surface area contributed by atoms with Crippen molar-refractivity contribution < 1.29 is 4.74 Å².